The lowest BCUT2D eigenvalue weighted by atomic mass is 10.3. The monoisotopic (exact) mass is 273 g/mol. The summed E-state index contributed by atoms with van der Waals surface area (Å²) in [6.45, 7) is 5.56. The minimum absolute atomic E-state index is 0.123. The van der Waals surface area contributed by atoms with Crippen LogP contribution in [-0.2, 0) is 4.79 Å². The Balaban J connectivity index is 1.75. The predicted octanol–water partition coefficient (Wildman–Crippen LogP) is 1.46. The van der Waals surface area contributed by atoms with E-state index in [2.05, 4.69) is 15.4 Å². The number of aromatic nitrogens is 3. The normalized spacial score (nSPS) is 16.6. The van der Waals surface area contributed by atoms with E-state index >= 15 is 0 Å². The van der Waals surface area contributed by atoms with Gasteiger partial charge in [0.15, 0.2) is 5.65 Å². The van der Waals surface area contributed by atoms with Crippen molar-refractivity contribution in [2.45, 2.75) is 32.7 Å². The average Bonchev–Trinajstić information content (AvgIpc) is 3.06. The highest BCUT2D eigenvalue weighted by atomic mass is 16.2. The van der Waals surface area contributed by atoms with E-state index in [0.29, 0.717) is 5.95 Å². The number of likely N-dealkylation sites (tertiary alicyclic amines) is 1. The van der Waals surface area contributed by atoms with Gasteiger partial charge in [0.2, 0.25) is 11.9 Å². The molecule has 1 amide bonds. The molecule has 106 valence electrons. The number of pyridine rings is 1. The van der Waals surface area contributed by atoms with E-state index in [-0.39, 0.29) is 11.9 Å². The number of fused-ring (bicyclic) bond motifs is 1. The molecule has 1 aliphatic rings. The maximum atomic E-state index is 12.2. The van der Waals surface area contributed by atoms with E-state index in [1.54, 1.807) is 4.52 Å². The van der Waals surface area contributed by atoms with Gasteiger partial charge in [0.1, 0.15) is 6.04 Å². The number of rotatable bonds is 3. The van der Waals surface area contributed by atoms with Gasteiger partial charge < -0.3 is 10.2 Å². The Labute approximate surface area is 117 Å². The van der Waals surface area contributed by atoms with E-state index < -0.39 is 0 Å². The van der Waals surface area contributed by atoms with Crippen molar-refractivity contribution in [3.8, 4) is 0 Å². The minimum atomic E-state index is -0.300. The maximum Gasteiger partial charge on any atom is 0.244 e. The van der Waals surface area contributed by atoms with Gasteiger partial charge >= 0.3 is 0 Å². The summed E-state index contributed by atoms with van der Waals surface area (Å²) in [5.74, 6) is 0.623. The molecular weight excluding hydrogens is 254 g/mol. The molecule has 6 nitrogen and oxygen atoms in total. The van der Waals surface area contributed by atoms with Gasteiger partial charge in [0, 0.05) is 18.8 Å². The fraction of sp³-hybridized carbons (Fsp3) is 0.500. The van der Waals surface area contributed by atoms with Crippen LogP contribution in [0.1, 0.15) is 25.5 Å². The molecule has 0 spiro atoms. The zero-order valence-corrected chi connectivity index (χ0v) is 11.8. The molecular formula is C14H19N5O. The van der Waals surface area contributed by atoms with Crippen LogP contribution in [0.25, 0.3) is 5.65 Å². The number of anilines is 1. The van der Waals surface area contributed by atoms with Crippen molar-refractivity contribution in [3.05, 3.63) is 23.9 Å². The van der Waals surface area contributed by atoms with Gasteiger partial charge in [-0.1, -0.05) is 6.07 Å². The lowest BCUT2D eigenvalue weighted by molar-refractivity contribution is -0.130. The molecule has 20 heavy (non-hydrogen) atoms. The quantitative estimate of drug-likeness (QED) is 0.919. The van der Waals surface area contributed by atoms with Crippen molar-refractivity contribution in [3.63, 3.8) is 0 Å². The summed E-state index contributed by atoms with van der Waals surface area (Å²) in [6.07, 6.45) is 2.20. The highest BCUT2D eigenvalue weighted by molar-refractivity contribution is 5.84. The van der Waals surface area contributed by atoms with Crippen molar-refractivity contribution < 1.29 is 4.79 Å². The van der Waals surface area contributed by atoms with Crippen LogP contribution in [0, 0.1) is 6.92 Å². The van der Waals surface area contributed by atoms with Crippen molar-refractivity contribution in [2.24, 2.45) is 0 Å². The van der Waals surface area contributed by atoms with Gasteiger partial charge in [-0.05, 0) is 38.8 Å². The second kappa shape index (κ2) is 5.11. The number of hydrogen-bond donors (Lipinski definition) is 1. The van der Waals surface area contributed by atoms with E-state index in [4.69, 9.17) is 0 Å². The summed E-state index contributed by atoms with van der Waals surface area (Å²) in [5, 5.41) is 7.49. The summed E-state index contributed by atoms with van der Waals surface area (Å²) >= 11 is 0. The molecule has 1 N–H and O–H groups in total. The first-order valence-electron chi connectivity index (χ1n) is 7.03. The minimum Gasteiger partial charge on any atom is -0.341 e. The fourth-order valence-electron chi connectivity index (χ4n) is 2.56. The number of hydrogen-bond acceptors (Lipinski definition) is 4. The topological polar surface area (TPSA) is 62.5 Å². The van der Waals surface area contributed by atoms with Crippen LogP contribution in [0.2, 0.25) is 0 Å². The zero-order chi connectivity index (χ0) is 14.1. The van der Waals surface area contributed by atoms with E-state index in [9.17, 15) is 4.79 Å². The summed E-state index contributed by atoms with van der Waals surface area (Å²) in [5.41, 5.74) is 1.80. The molecule has 1 unspecified atom stereocenters. The largest absolute Gasteiger partial charge is 0.341 e. The Hall–Kier alpha value is -2.11. The van der Waals surface area contributed by atoms with Crippen LogP contribution in [-0.4, -0.2) is 44.5 Å². The number of carbonyl (C=O) groups excluding carboxylic acids is 1. The van der Waals surface area contributed by atoms with E-state index in [1.807, 2.05) is 36.9 Å². The maximum absolute atomic E-state index is 12.2. The van der Waals surface area contributed by atoms with Crippen LogP contribution in [0.15, 0.2) is 18.2 Å². The third-order valence-electron chi connectivity index (χ3n) is 3.68. The van der Waals surface area contributed by atoms with Crippen LogP contribution in [0.4, 0.5) is 5.95 Å². The third kappa shape index (κ3) is 2.33. The summed E-state index contributed by atoms with van der Waals surface area (Å²) in [6, 6.07) is 5.52. The van der Waals surface area contributed by atoms with Gasteiger partial charge in [0.05, 0.1) is 0 Å². The molecule has 0 saturated carbocycles. The molecule has 1 saturated heterocycles. The number of nitrogens with zero attached hydrogens (tertiary/aromatic N) is 4. The number of carbonyl (C=O) groups is 1. The van der Waals surface area contributed by atoms with Crippen molar-refractivity contribution in [1.82, 2.24) is 19.5 Å². The molecule has 0 aliphatic carbocycles. The van der Waals surface area contributed by atoms with Gasteiger partial charge in [-0.3, -0.25) is 4.79 Å². The van der Waals surface area contributed by atoms with E-state index in [0.717, 1.165) is 37.3 Å². The molecule has 1 fully saturated rings. The second-order valence-corrected chi connectivity index (χ2v) is 5.27. The van der Waals surface area contributed by atoms with Crippen molar-refractivity contribution in [1.29, 1.82) is 0 Å². The van der Waals surface area contributed by atoms with Crippen LogP contribution in [0.3, 0.4) is 0 Å². The van der Waals surface area contributed by atoms with Crippen LogP contribution >= 0.6 is 0 Å². The Kier molecular flexibility index (Phi) is 3.30. The van der Waals surface area contributed by atoms with Crippen molar-refractivity contribution >= 4 is 17.5 Å². The highest BCUT2D eigenvalue weighted by Gasteiger charge is 2.23. The van der Waals surface area contributed by atoms with Crippen LogP contribution in [0.5, 0.6) is 0 Å². The number of nitrogens with one attached hydrogen (secondary N) is 1. The summed E-state index contributed by atoms with van der Waals surface area (Å²) < 4.78 is 1.77. The molecule has 3 rings (SSSR count). The lowest BCUT2D eigenvalue weighted by Crippen LogP contribution is -2.39. The Morgan fingerprint density at radius 1 is 1.35 bits per heavy atom. The zero-order valence-electron chi connectivity index (χ0n) is 11.8. The lowest BCUT2D eigenvalue weighted by Gasteiger charge is -2.20. The third-order valence-corrected chi connectivity index (χ3v) is 3.68. The molecule has 1 atom stereocenters. The second-order valence-electron chi connectivity index (χ2n) is 5.27. The molecule has 0 aromatic carbocycles. The molecule has 6 heteroatoms. The SMILES string of the molecule is Cc1cccc2nc(NC(C)C(=O)N3CCCC3)nn12. The molecule has 3 heterocycles. The Morgan fingerprint density at radius 3 is 2.80 bits per heavy atom. The average molecular weight is 273 g/mol. The number of amides is 1. The van der Waals surface area contributed by atoms with E-state index in [1.165, 1.54) is 0 Å². The van der Waals surface area contributed by atoms with Gasteiger partial charge in [0.25, 0.3) is 0 Å². The van der Waals surface area contributed by atoms with Gasteiger partial charge in [-0.25, -0.2) is 4.52 Å². The standard InChI is InChI=1S/C14H19N5O/c1-10-6-5-7-12-16-14(17-19(10)12)15-11(2)13(20)18-8-3-4-9-18/h5-7,11H,3-4,8-9H2,1-2H3,(H,15,17). The molecule has 0 radical (unpaired) electrons. The summed E-state index contributed by atoms with van der Waals surface area (Å²) in [4.78, 5) is 18.5. The molecule has 0 bridgehead atoms. The number of aryl methyl sites for hydroxylation is 1. The first kappa shape index (κ1) is 12.9. The van der Waals surface area contributed by atoms with Gasteiger partial charge in [-0.2, -0.15) is 4.98 Å². The Bertz CT molecular complexity index is 630. The Morgan fingerprint density at radius 2 is 2.10 bits per heavy atom. The smallest absolute Gasteiger partial charge is 0.244 e. The predicted molar refractivity (Wildman–Crippen MR) is 76.6 cm³/mol. The fourth-order valence-corrected chi connectivity index (χ4v) is 2.56. The first-order chi connectivity index (χ1) is 9.65. The molecule has 1 aliphatic heterocycles. The molecule has 2 aromatic heterocycles. The summed E-state index contributed by atoms with van der Waals surface area (Å²) in [7, 11) is 0. The first-order valence-corrected chi connectivity index (χ1v) is 7.03. The highest BCUT2D eigenvalue weighted by Crippen LogP contribution is 2.12. The van der Waals surface area contributed by atoms with Gasteiger partial charge in [-0.15, -0.1) is 5.10 Å². The molecule has 2 aromatic rings. The van der Waals surface area contributed by atoms with Crippen molar-refractivity contribution in [2.75, 3.05) is 18.4 Å². The van der Waals surface area contributed by atoms with Crippen LogP contribution < -0.4 is 5.32 Å².